The first kappa shape index (κ1) is 21.2. The second-order valence-corrected chi connectivity index (χ2v) is 8.57. The number of carbonyl (C=O) groups is 1. The molecule has 2 atom stereocenters. The second-order valence-electron chi connectivity index (χ2n) is 8.57. The molecule has 0 amide bonds. The van der Waals surface area contributed by atoms with Gasteiger partial charge in [0.15, 0.2) is 0 Å². The Morgan fingerprint density at radius 3 is 2.91 bits per heavy atom. The summed E-state index contributed by atoms with van der Waals surface area (Å²) in [5.41, 5.74) is 4.51. The van der Waals surface area contributed by atoms with E-state index in [0.29, 0.717) is 12.1 Å². The third-order valence-corrected chi connectivity index (χ3v) is 6.74. The zero-order chi connectivity index (χ0) is 22.9. The number of aromatic nitrogens is 4. The highest BCUT2D eigenvalue weighted by Crippen LogP contribution is 2.41. The van der Waals surface area contributed by atoms with Gasteiger partial charge in [-0.2, -0.15) is 5.10 Å². The summed E-state index contributed by atoms with van der Waals surface area (Å²) in [6, 6.07) is 11.5. The van der Waals surface area contributed by atoms with E-state index in [0.717, 1.165) is 52.7 Å². The Kier molecular flexibility index (Phi) is 5.60. The van der Waals surface area contributed by atoms with Gasteiger partial charge in [-0.3, -0.25) is 4.90 Å². The van der Waals surface area contributed by atoms with Gasteiger partial charge in [0.25, 0.3) is 0 Å². The molecule has 33 heavy (non-hydrogen) atoms. The van der Waals surface area contributed by atoms with Gasteiger partial charge in [0, 0.05) is 41.8 Å². The number of piperidine rings is 1. The lowest BCUT2D eigenvalue weighted by molar-refractivity contribution is 0.0682. The van der Waals surface area contributed by atoms with Gasteiger partial charge in [0.2, 0.25) is 0 Å². The van der Waals surface area contributed by atoms with E-state index in [1.807, 2.05) is 23.0 Å². The minimum absolute atomic E-state index is 0.0831. The molecule has 4 aromatic rings. The molecule has 0 bridgehead atoms. The number of likely N-dealkylation sites (tertiary alicyclic amines) is 1. The molecule has 1 aliphatic heterocycles. The summed E-state index contributed by atoms with van der Waals surface area (Å²) in [6.07, 6.45) is 6.89. The number of benzene rings is 2. The van der Waals surface area contributed by atoms with Gasteiger partial charge in [-0.25, -0.2) is 14.5 Å². The number of nitrogens with one attached hydrogen (secondary N) is 1. The molecule has 2 aromatic carbocycles. The summed E-state index contributed by atoms with van der Waals surface area (Å²) >= 11 is 0. The zero-order valence-corrected chi connectivity index (χ0v) is 18.7. The first-order valence-electron chi connectivity index (χ1n) is 11.1. The average Bonchev–Trinajstić information content (AvgIpc) is 3.54. The smallest absolute Gasteiger partial charge is 0.336 e. The maximum absolute atomic E-state index is 12.0. The van der Waals surface area contributed by atoms with Crippen LogP contribution in [0, 0.1) is 6.92 Å². The van der Waals surface area contributed by atoms with Crippen LogP contribution >= 0.6 is 0 Å². The van der Waals surface area contributed by atoms with Crippen molar-refractivity contribution >= 4 is 16.9 Å². The summed E-state index contributed by atoms with van der Waals surface area (Å²) in [4.78, 5) is 21.9. The number of carboxylic acid groups (broad SMARTS) is 1. The Morgan fingerprint density at radius 1 is 1.30 bits per heavy atom. The van der Waals surface area contributed by atoms with Gasteiger partial charge in [0.05, 0.1) is 18.7 Å². The van der Waals surface area contributed by atoms with Crippen molar-refractivity contribution < 1.29 is 14.6 Å². The lowest BCUT2D eigenvalue weighted by atomic mass is 9.88. The van der Waals surface area contributed by atoms with Crippen molar-refractivity contribution in [3.63, 3.8) is 0 Å². The summed E-state index contributed by atoms with van der Waals surface area (Å²) < 4.78 is 7.66. The zero-order valence-electron chi connectivity index (χ0n) is 18.7. The second kappa shape index (κ2) is 8.71. The Hall–Kier alpha value is -3.65. The van der Waals surface area contributed by atoms with Crippen molar-refractivity contribution in [3.05, 3.63) is 77.5 Å². The van der Waals surface area contributed by atoms with Crippen LogP contribution in [-0.2, 0) is 6.54 Å². The number of nitrogens with zero attached hydrogens (tertiary/aromatic N) is 4. The van der Waals surface area contributed by atoms with Crippen molar-refractivity contribution in [2.75, 3.05) is 13.7 Å². The Morgan fingerprint density at radius 2 is 2.15 bits per heavy atom. The van der Waals surface area contributed by atoms with Crippen LogP contribution in [0.2, 0.25) is 0 Å². The van der Waals surface area contributed by atoms with Crippen molar-refractivity contribution in [2.45, 2.75) is 38.4 Å². The van der Waals surface area contributed by atoms with Crippen molar-refractivity contribution in [1.29, 1.82) is 0 Å². The monoisotopic (exact) mass is 445 g/mol. The van der Waals surface area contributed by atoms with Crippen LogP contribution in [-0.4, -0.2) is 49.4 Å². The molecule has 1 aliphatic rings. The highest BCUT2D eigenvalue weighted by Gasteiger charge is 2.34. The highest BCUT2D eigenvalue weighted by molar-refractivity contribution is 5.90. The minimum atomic E-state index is -0.908. The number of hydrogen-bond acceptors (Lipinski definition) is 5. The largest absolute Gasteiger partial charge is 0.496 e. The molecule has 0 saturated carbocycles. The van der Waals surface area contributed by atoms with Crippen LogP contribution < -0.4 is 4.74 Å². The summed E-state index contributed by atoms with van der Waals surface area (Å²) in [5.74, 6) is -0.0577. The SMILES string of the molecule is COc1cc(C)c2[nH]ccc2c1CN1CC[C@H](n2cncn2)C[C@@H]1c1ccccc1C(=O)O. The van der Waals surface area contributed by atoms with Crippen LogP contribution in [0.1, 0.15) is 52.0 Å². The van der Waals surface area contributed by atoms with Gasteiger partial charge in [-0.1, -0.05) is 18.2 Å². The lowest BCUT2D eigenvalue weighted by Crippen LogP contribution is -2.38. The fourth-order valence-electron chi connectivity index (χ4n) is 5.12. The lowest BCUT2D eigenvalue weighted by Gasteiger charge is -2.40. The van der Waals surface area contributed by atoms with E-state index < -0.39 is 5.97 Å². The average molecular weight is 446 g/mol. The fourth-order valence-corrected chi connectivity index (χ4v) is 5.12. The van der Waals surface area contributed by atoms with Gasteiger partial charge >= 0.3 is 5.97 Å². The molecule has 0 spiro atoms. The van der Waals surface area contributed by atoms with E-state index in [4.69, 9.17) is 4.74 Å². The van der Waals surface area contributed by atoms with E-state index in [2.05, 4.69) is 39.0 Å². The van der Waals surface area contributed by atoms with Crippen molar-refractivity contribution in [2.24, 2.45) is 0 Å². The molecule has 170 valence electrons. The van der Waals surface area contributed by atoms with Gasteiger partial charge < -0.3 is 14.8 Å². The molecule has 1 fully saturated rings. The first-order chi connectivity index (χ1) is 16.1. The number of fused-ring (bicyclic) bond motifs is 1. The number of H-pyrrole nitrogens is 1. The third-order valence-electron chi connectivity index (χ3n) is 6.74. The number of aryl methyl sites for hydroxylation is 1. The van der Waals surface area contributed by atoms with Gasteiger partial charge in [0.1, 0.15) is 18.4 Å². The summed E-state index contributed by atoms with van der Waals surface area (Å²) in [5, 5.41) is 15.4. The first-order valence-corrected chi connectivity index (χ1v) is 11.1. The molecule has 8 heteroatoms. The predicted molar refractivity (Wildman–Crippen MR) is 124 cm³/mol. The quantitative estimate of drug-likeness (QED) is 0.458. The topological polar surface area (TPSA) is 96.3 Å². The number of aromatic amines is 1. The molecule has 3 heterocycles. The number of aromatic carboxylic acids is 1. The Balaban J connectivity index is 1.57. The Bertz CT molecular complexity index is 1280. The van der Waals surface area contributed by atoms with E-state index in [1.54, 1.807) is 31.9 Å². The Labute approximate surface area is 191 Å². The van der Waals surface area contributed by atoms with E-state index in [-0.39, 0.29) is 12.1 Å². The number of methoxy groups -OCH3 is 1. The maximum atomic E-state index is 12.0. The molecule has 0 unspecified atom stereocenters. The summed E-state index contributed by atoms with van der Waals surface area (Å²) in [6.45, 7) is 3.52. The third kappa shape index (κ3) is 3.87. The van der Waals surface area contributed by atoms with Crippen LogP contribution in [0.4, 0.5) is 0 Å². The van der Waals surface area contributed by atoms with Crippen molar-refractivity contribution in [1.82, 2.24) is 24.6 Å². The fraction of sp³-hybridized carbons (Fsp3) is 0.320. The molecular formula is C25H27N5O3. The molecule has 2 aromatic heterocycles. The molecule has 1 saturated heterocycles. The van der Waals surface area contributed by atoms with Gasteiger partial charge in [-0.15, -0.1) is 0 Å². The minimum Gasteiger partial charge on any atom is -0.496 e. The number of ether oxygens (including phenoxy) is 1. The van der Waals surface area contributed by atoms with Crippen LogP contribution in [0.5, 0.6) is 5.75 Å². The number of hydrogen-bond donors (Lipinski definition) is 2. The standard InChI is InChI=1S/C25H27N5O3/c1-16-11-23(33-2)21(19-7-9-27-24(16)19)13-29-10-8-17(30-15-26-14-28-30)12-22(29)18-5-3-4-6-20(18)25(31)32/h3-7,9,11,14-15,17,22,27H,8,10,12-13H2,1-2H3,(H,31,32)/t17-,22+/m0/s1. The van der Waals surface area contributed by atoms with E-state index in [1.165, 1.54) is 0 Å². The van der Waals surface area contributed by atoms with Crippen LogP contribution in [0.3, 0.4) is 0 Å². The van der Waals surface area contributed by atoms with E-state index in [9.17, 15) is 9.90 Å². The number of carboxylic acids is 1. The van der Waals surface area contributed by atoms with Crippen molar-refractivity contribution in [3.8, 4) is 5.75 Å². The molecule has 0 radical (unpaired) electrons. The van der Waals surface area contributed by atoms with Crippen LogP contribution in [0.25, 0.3) is 10.9 Å². The molecule has 2 N–H and O–H groups in total. The highest BCUT2D eigenvalue weighted by atomic mass is 16.5. The van der Waals surface area contributed by atoms with Crippen LogP contribution in [0.15, 0.2) is 55.2 Å². The normalized spacial score (nSPS) is 19.1. The molecule has 0 aliphatic carbocycles. The predicted octanol–water partition coefficient (Wildman–Crippen LogP) is 4.35. The van der Waals surface area contributed by atoms with Gasteiger partial charge in [-0.05, 0) is 49.1 Å². The molecule has 8 nitrogen and oxygen atoms in total. The molecular weight excluding hydrogens is 418 g/mol. The molecule has 5 rings (SSSR count). The maximum Gasteiger partial charge on any atom is 0.336 e. The van der Waals surface area contributed by atoms with E-state index >= 15 is 0 Å². The summed E-state index contributed by atoms with van der Waals surface area (Å²) in [7, 11) is 1.70. The number of rotatable bonds is 6.